The number of amides is 1. The fraction of sp³-hybridized carbons (Fsp3) is 0.214. The van der Waals surface area contributed by atoms with Crippen molar-refractivity contribution < 1.29 is 9.53 Å². The zero-order valence-electron chi connectivity index (χ0n) is 10.3. The van der Waals surface area contributed by atoms with E-state index in [2.05, 4.69) is 5.32 Å². The van der Waals surface area contributed by atoms with Gasteiger partial charge in [0.2, 0.25) is 0 Å². The van der Waals surface area contributed by atoms with Crippen LogP contribution in [0, 0.1) is 0 Å². The molecule has 0 aliphatic rings. The van der Waals surface area contributed by atoms with Gasteiger partial charge in [-0.05, 0) is 36.1 Å². The summed E-state index contributed by atoms with van der Waals surface area (Å²) >= 11 is 1.44. The summed E-state index contributed by atoms with van der Waals surface area (Å²) < 4.78 is 5.10. The first kappa shape index (κ1) is 12.6. The summed E-state index contributed by atoms with van der Waals surface area (Å²) in [6, 6.07) is 11.4. The molecule has 1 heterocycles. The van der Waals surface area contributed by atoms with Crippen molar-refractivity contribution in [2.24, 2.45) is 0 Å². The van der Waals surface area contributed by atoms with Crippen LogP contribution >= 0.6 is 11.3 Å². The van der Waals surface area contributed by atoms with Crippen LogP contribution < -0.4 is 10.1 Å². The second kappa shape index (κ2) is 5.69. The lowest BCUT2D eigenvalue weighted by atomic mass is 10.1. The van der Waals surface area contributed by atoms with Crippen LogP contribution in [0.15, 0.2) is 41.8 Å². The fourth-order valence-corrected chi connectivity index (χ4v) is 2.28. The summed E-state index contributed by atoms with van der Waals surface area (Å²) in [5, 5.41) is 4.86. The number of ether oxygens (including phenoxy) is 1. The monoisotopic (exact) mass is 261 g/mol. The van der Waals surface area contributed by atoms with E-state index in [1.54, 1.807) is 7.11 Å². The minimum atomic E-state index is -0.0340. The Labute approximate surface area is 110 Å². The van der Waals surface area contributed by atoms with Crippen molar-refractivity contribution in [1.29, 1.82) is 0 Å². The van der Waals surface area contributed by atoms with E-state index in [9.17, 15) is 4.79 Å². The number of rotatable bonds is 4. The van der Waals surface area contributed by atoms with Gasteiger partial charge in [-0.15, -0.1) is 11.3 Å². The molecule has 1 N–H and O–H groups in total. The topological polar surface area (TPSA) is 38.3 Å². The normalized spacial score (nSPS) is 11.9. The fourth-order valence-electron chi connectivity index (χ4n) is 1.65. The molecule has 0 saturated carbocycles. The number of thiophene rings is 1. The molecule has 94 valence electrons. The Kier molecular flexibility index (Phi) is 3.99. The lowest BCUT2D eigenvalue weighted by Gasteiger charge is -2.14. The summed E-state index contributed by atoms with van der Waals surface area (Å²) in [4.78, 5) is 12.6. The van der Waals surface area contributed by atoms with E-state index in [-0.39, 0.29) is 11.9 Å². The van der Waals surface area contributed by atoms with E-state index in [0.717, 1.165) is 16.2 Å². The maximum Gasteiger partial charge on any atom is 0.261 e. The van der Waals surface area contributed by atoms with Crippen LogP contribution in [0.25, 0.3) is 0 Å². The molecule has 4 heteroatoms. The minimum Gasteiger partial charge on any atom is -0.497 e. The molecule has 0 unspecified atom stereocenters. The van der Waals surface area contributed by atoms with E-state index in [0.29, 0.717) is 0 Å². The molecule has 0 aliphatic heterocycles. The van der Waals surface area contributed by atoms with Crippen molar-refractivity contribution >= 4 is 17.2 Å². The van der Waals surface area contributed by atoms with Gasteiger partial charge in [-0.1, -0.05) is 18.2 Å². The third kappa shape index (κ3) is 2.90. The van der Waals surface area contributed by atoms with Gasteiger partial charge < -0.3 is 10.1 Å². The Balaban J connectivity index is 2.02. The summed E-state index contributed by atoms with van der Waals surface area (Å²) in [6.07, 6.45) is 0. The van der Waals surface area contributed by atoms with Gasteiger partial charge in [-0.2, -0.15) is 0 Å². The van der Waals surface area contributed by atoms with E-state index >= 15 is 0 Å². The molecule has 2 aromatic rings. The number of hydrogen-bond acceptors (Lipinski definition) is 3. The molecule has 0 saturated heterocycles. The zero-order valence-corrected chi connectivity index (χ0v) is 11.2. The zero-order chi connectivity index (χ0) is 13.0. The van der Waals surface area contributed by atoms with Crippen molar-refractivity contribution in [2.45, 2.75) is 13.0 Å². The number of benzene rings is 1. The molecule has 0 spiro atoms. The first-order chi connectivity index (χ1) is 8.70. The highest BCUT2D eigenvalue weighted by atomic mass is 32.1. The van der Waals surface area contributed by atoms with Gasteiger partial charge in [0.15, 0.2) is 0 Å². The third-order valence-corrected chi connectivity index (χ3v) is 3.58. The smallest absolute Gasteiger partial charge is 0.261 e. The molecular formula is C14H15NO2S. The Morgan fingerprint density at radius 2 is 2.00 bits per heavy atom. The Bertz CT molecular complexity index is 505. The number of methoxy groups -OCH3 is 1. The Morgan fingerprint density at radius 1 is 1.28 bits per heavy atom. The largest absolute Gasteiger partial charge is 0.497 e. The minimum absolute atomic E-state index is 0.0227. The third-order valence-electron chi connectivity index (χ3n) is 2.71. The van der Waals surface area contributed by atoms with Crippen LogP contribution in [-0.2, 0) is 0 Å². The molecule has 3 nitrogen and oxygen atoms in total. The van der Waals surface area contributed by atoms with Gasteiger partial charge >= 0.3 is 0 Å². The van der Waals surface area contributed by atoms with E-state index < -0.39 is 0 Å². The highest BCUT2D eigenvalue weighted by molar-refractivity contribution is 7.12. The number of carbonyl (C=O) groups excluding carboxylic acids is 1. The van der Waals surface area contributed by atoms with Crippen molar-refractivity contribution in [3.8, 4) is 5.75 Å². The number of carbonyl (C=O) groups is 1. The molecule has 0 aliphatic carbocycles. The van der Waals surface area contributed by atoms with Crippen molar-refractivity contribution in [2.75, 3.05) is 7.11 Å². The summed E-state index contributed by atoms with van der Waals surface area (Å²) in [7, 11) is 1.64. The maximum atomic E-state index is 11.9. The predicted molar refractivity (Wildman–Crippen MR) is 73.2 cm³/mol. The molecule has 0 radical (unpaired) electrons. The molecule has 18 heavy (non-hydrogen) atoms. The lowest BCUT2D eigenvalue weighted by molar-refractivity contribution is 0.0944. The maximum absolute atomic E-state index is 11.9. The Hall–Kier alpha value is -1.81. The molecule has 1 amide bonds. The van der Waals surface area contributed by atoms with Crippen LogP contribution in [0.5, 0.6) is 5.75 Å². The molecule has 2 rings (SSSR count). The second-order valence-corrected chi connectivity index (χ2v) is 4.89. The van der Waals surface area contributed by atoms with Gasteiger partial charge in [-0.3, -0.25) is 4.79 Å². The predicted octanol–water partition coefficient (Wildman–Crippen LogP) is 3.25. The Morgan fingerprint density at radius 3 is 2.56 bits per heavy atom. The molecule has 1 aromatic carbocycles. The first-order valence-electron chi connectivity index (χ1n) is 5.69. The summed E-state index contributed by atoms with van der Waals surface area (Å²) in [6.45, 7) is 1.97. The van der Waals surface area contributed by atoms with Gasteiger partial charge in [0, 0.05) is 0 Å². The molecule has 0 fully saturated rings. The standard InChI is InChI=1S/C14H15NO2S/c1-10(11-5-7-12(17-2)8-6-11)15-14(16)13-4-3-9-18-13/h3-10H,1-2H3,(H,15,16)/t10-/m0/s1. The second-order valence-electron chi connectivity index (χ2n) is 3.95. The van der Waals surface area contributed by atoms with Gasteiger partial charge in [-0.25, -0.2) is 0 Å². The van der Waals surface area contributed by atoms with Crippen molar-refractivity contribution in [1.82, 2.24) is 5.32 Å². The summed E-state index contributed by atoms with van der Waals surface area (Å²) in [5.41, 5.74) is 1.06. The highest BCUT2D eigenvalue weighted by Crippen LogP contribution is 2.18. The first-order valence-corrected chi connectivity index (χ1v) is 6.57. The molecule has 0 bridgehead atoms. The SMILES string of the molecule is COc1ccc([C@H](C)NC(=O)c2cccs2)cc1. The summed E-state index contributed by atoms with van der Waals surface area (Å²) in [5.74, 6) is 0.781. The van der Waals surface area contributed by atoms with Crippen molar-refractivity contribution in [3.05, 3.63) is 52.2 Å². The average molecular weight is 261 g/mol. The van der Waals surface area contributed by atoms with E-state index in [4.69, 9.17) is 4.74 Å². The molecular weight excluding hydrogens is 246 g/mol. The highest BCUT2D eigenvalue weighted by Gasteiger charge is 2.11. The number of hydrogen-bond donors (Lipinski definition) is 1. The van der Waals surface area contributed by atoms with Crippen molar-refractivity contribution in [3.63, 3.8) is 0 Å². The van der Waals surface area contributed by atoms with Crippen LogP contribution in [0.3, 0.4) is 0 Å². The van der Waals surface area contributed by atoms with E-state index in [1.807, 2.05) is 48.7 Å². The molecule has 1 atom stereocenters. The van der Waals surface area contributed by atoms with Crippen LogP contribution in [0.4, 0.5) is 0 Å². The average Bonchev–Trinajstić information content (AvgIpc) is 2.92. The van der Waals surface area contributed by atoms with Crippen LogP contribution in [-0.4, -0.2) is 13.0 Å². The number of nitrogens with one attached hydrogen (secondary N) is 1. The van der Waals surface area contributed by atoms with Crippen LogP contribution in [0.2, 0.25) is 0 Å². The quantitative estimate of drug-likeness (QED) is 0.917. The van der Waals surface area contributed by atoms with Gasteiger partial charge in [0.1, 0.15) is 5.75 Å². The van der Waals surface area contributed by atoms with Gasteiger partial charge in [0.05, 0.1) is 18.0 Å². The molecule has 1 aromatic heterocycles. The lowest BCUT2D eigenvalue weighted by Crippen LogP contribution is -2.25. The van der Waals surface area contributed by atoms with Crippen LogP contribution in [0.1, 0.15) is 28.2 Å². The van der Waals surface area contributed by atoms with E-state index in [1.165, 1.54) is 11.3 Å². The van der Waals surface area contributed by atoms with Gasteiger partial charge in [0.25, 0.3) is 5.91 Å².